The predicted octanol–water partition coefficient (Wildman–Crippen LogP) is 1.11. The minimum absolute atomic E-state index is 0.238. The largest absolute Gasteiger partial charge is 0.300 e. The fourth-order valence-corrected chi connectivity index (χ4v) is 2.04. The van der Waals surface area contributed by atoms with E-state index in [9.17, 15) is 0 Å². The Morgan fingerprint density at radius 3 is 2.10 bits per heavy atom. The molecule has 0 aromatic rings. The summed E-state index contributed by atoms with van der Waals surface area (Å²) in [5.41, 5.74) is 0.663. The van der Waals surface area contributed by atoms with E-state index in [2.05, 4.69) is 33.0 Å². The first-order chi connectivity index (χ1) is 4.41. The summed E-state index contributed by atoms with van der Waals surface area (Å²) in [4.78, 5) is 0. The van der Waals surface area contributed by atoms with E-state index in [0.717, 1.165) is 0 Å². The summed E-state index contributed by atoms with van der Waals surface area (Å²) in [7, 11) is 0. The molecule has 1 atom stereocenters. The third-order valence-electron chi connectivity index (χ3n) is 2.31. The van der Waals surface area contributed by atoms with E-state index in [-0.39, 0.29) is 5.54 Å². The van der Waals surface area contributed by atoms with Crippen LogP contribution in [0.15, 0.2) is 0 Å². The number of piperidine rings is 1. The Kier molecular flexibility index (Phi) is 1.71. The second kappa shape index (κ2) is 2.16. The summed E-state index contributed by atoms with van der Waals surface area (Å²) in [5, 5.41) is 2.41. The van der Waals surface area contributed by atoms with Gasteiger partial charge in [-0.1, -0.05) is 0 Å². The lowest BCUT2D eigenvalue weighted by Crippen LogP contribution is -3.05. The quantitative estimate of drug-likeness (QED) is 0.487. The zero-order chi connectivity index (χ0) is 7.83. The lowest BCUT2D eigenvalue weighted by atomic mass is 9.83. The van der Waals surface area contributed by atoms with Crippen LogP contribution in [0.2, 0.25) is 0 Å². The number of quaternary nitrogens is 1. The average Bonchev–Trinajstić information content (AvgIpc) is 1.56. The van der Waals surface area contributed by atoms with E-state index >= 15 is 0 Å². The molecule has 1 heteroatoms. The van der Waals surface area contributed by atoms with Crippen molar-refractivity contribution in [3.8, 4) is 0 Å². The molecule has 1 aliphatic rings. The van der Waals surface area contributed by atoms with Crippen molar-refractivity contribution in [2.24, 2.45) is 0 Å². The predicted molar refractivity (Wildman–Crippen MR) is 43.6 cm³/mol. The summed E-state index contributed by atoms with van der Waals surface area (Å²) >= 11 is 0. The molecule has 0 aromatic carbocycles. The van der Waals surface area contributed by atoms with Gasteiger partial charge in [0.2, 0.25) is 5.54 Å². The molecule has 2 N–H and O–H groups in total. The van der Waals surface area contributed by atoms with Crippen LogP contribution in [0.3, 0.4) is 0 Å². The van der Waals surface area contributed by atoms with Gasteiger partial charge in [-0.05, 0) is 20.3 Å². The molecule has 58 valence electrons. The van der Waals surface area contributed by atoms with Crippen molar-refractivity contribution in [3.05, 3.63) is 6.92 Å². The molecule has 0 radical (unpaired) electrons. The molecule has 1 aliphatic heterocycles. The first kappa shape index (κ1) is 7.93. The molecule has 0 aromatic heterocycles. The summed E-state index contributed by atoms with van der Waals surface area (Å²) in [6.45, 7) is 11.0. The van der Waals surface area contributed by atoms with Crippen LogP contribution in [0.4, 0.5) is 0 Å². The SMILES string of the molecule is [CH2+]C1(C)CCCC(C)(C)[NH2+]1. The molecular weight excluding hydrogens is 122 g/mol. The van der Waals surface area contributed by atoms with E-state index in [4.69, 9.17) is 0 Å². The molecule has 0 saturated carbocycles. The minimum Gasteiger partial charge on any atom is -0.300 e. The molecule has 0 spiro atoms. The number of hydrogen-bond acceptors (Lipinski definition) is 0. The van der Waals surface area contributed by atoms with Gasteiger partial charge in [0.15, 0.2) is 0 Å². The van der Waals surface area contributed by atoms with Gasteiger partial charge in [0, 0.05) is 19.8 Å². The zero-order valence-electron chi connectivity index (χ0n) is 7.41. The summed E-state index contributed by atoms with van der Waals surface area (Å²) in [6.07, 6.45) is 3.93. The monoisotopic (exact) mass is 141 g/mol. The average molecular weight is 141 g/mol. The van der Waals surface area contributed by atoms with Gasteiger partial charge in [-0.3, -0.25) is 0 Å². The van der Waals surface area contributed by atoms with Crippen LogP contribution in [-0.2, 0) is 0 Å². The number of rotatable bonds is 0. The number of hydrogen-bond donors (Lipinski definition) is 1. The van der Waals surface area contributed by atoms with E-state index in [1.54, 1.807) is 0 Å². The lowest BCUT2D eigenvalue weighted by Gasteiger charge is -2.34. The van der Waals surface area contributed by atoms with E-state index in [1.807, 2.05) is 0 Å². The van der Waals surface area contributed by atoms with Gasteiger partial charge < -0.3 is 5.32 Å². The first-order valence-electron chi connectivity index (χ1n) is 4.14. The van der Waals surface area contributed by atoms with Gasteiger partial charge in [-0.15, -0.1) is 0 Å². The molecule has 1 fully saturated rings. The van der Waals surface area contributed by atoms with Crippen LogP contribution >= 0.6 is 0 Å². The van der Waals surface area contributed by atoms with Gasteiger partial charge in [0.05, 0.1) is 5.54 Å². The van der Waals surface area contributed by atoms with E-state index in [0.29, 0.717) is 5.54 Å². The Morgan fingerprint density at radius 1 is 1.20 bits per heavy atom. The van der Waals surface area contributed by atoms with Crippen LogP contribution in [0.25, 0.3) is 0 Å². The maximum absolute atomic E-state index is 4.17. The first-order valence-corrected chi connectivity index (χ1v) is 4.14. The molecule has 1 saturated heterocycles. The summed E-state index contributed by atoms with van der Waals surface area (Å²) in [6, 6.07) is 0. The second-order valence-corrected chi connectivity index (χ2v) is 4.64. The van der Waals surface area contributed by atoms with Crippen LogP contribution in [0, 0.1) is 6.92 Å². The molecule has 0 aliphatic carbocycles. The van der Waals surface area contributed by atoms with Crippen molar-refractivity contribution in [1.29, 1.82) is 0 Å². The Balaban J connectivity index is 2.56. The molecule has 1 rings (SSSR count). The van der Waals surface area contributed by atoms with Crippen LogP contribution in [0.5, 0.6) is 0 Å². The smallest absolute Gasteiger partial charge is 0.221 e. The van der Waals surface area contributed by atoms with Crippen molar-refractivity contribution in [1.82, 2.24) is 0 Å². The van der Waals surface area contributed by atoms with Gasteiger partial charge in [-0.2, -0.15) is 0 Å². The highest BCUT2D eigenvalue weighted by Gasteiger charge is 2.40. The molecule has 1 heterocycles. The topological polar surface area (TPSA) is 16.6 Å². The van der Waals surface area contributed by atoms with Gasteiger partial charge >= 0.3 is 0 Å². The fraction of sp³-hybridized carbons (Fsp3) is 0.889. The Morgan fingerprint density at radius 2 is 1.80 bits per heavy atom. The van der Waals surface area contributed by atoms with E-state index < -0.39 is 0 Å². The Bertz CT molecular complexity index is 111. The lowest BCUT2D eigenvalue weighted by molar-refractivity contribution is -0.781. The molecule has 1 unspecified atom stereocenters. The van der Waals surface area contributed by atoms with Crippen LogP contribution < -0.4 is 5.32 Å². The van der Waals surface area contributed by atoms with Gasteiger partial charge in [-0.25, -0.2) is 0 Å². The normalized spacial score (nSPS) is 39.5. The van der Waals surface area contributed by atoms with Gasteiger partial charge in [0.1, 0.15) is 6.92 Å². The maximum Gasteiger partial charge on any atom is 0.221 e. The number of nitrogens with two attached hydrogens (primary N) is 1. The summed E-state index contributed by atoms with van der Waals surface area (Å²) < 4.78 is 0. The van der Waals surface area contributed by atoms with Crippen molar-refractivity contribution in [3.63, 3.8) is 0 Å². The molecule has 0 amide bonds. The Hall–Kier alpha value is -0.170. The van der Waals surface area contributed by atoms with E-state index in [1.165, 1.54) is 19.3 Å². The molecule has 1 nitrogen and oxygen atoms in total. The minimum atomic E-state index is 0.238. The molecular formula is C9H19N+2. The fourth-order valence-electron chi connectivity index (χ4n) is 2.04. The molecule has 0 bridgehead atoms. The third kappa shape index (κ3) is 1.91. The highest BCUT2D eigenvalue weighted by molar-refractivity contribution is 4.82. The van der Waals surface area contributed by atoms with Gasteiger partial charge in [0.25, 0.3) is 0 Å². The Labute approximate surface area is 64.2 Å². The maximum atomic E-state index is 4.17. The zero-order valence-corrected chi connectivity index (χ0v) is 7.41. The standard InChI is InChI=1S/C9H18N/c1-8(2)6-5-7-9(3,4)10-8/h10H,1,5-7H2,2-4H3/q+1/p+1. The second-order valence-electron chi connectivity index (χ2n) is 4.64. The van der Waals surface area contributed by atoms with Crippen molar-refractivity contribution in [2.75, 3.05) is 0 Å². The third-order valence-corrected chi connectivity index (χ3v) is 2.31. The van der Waals surface area contributed by atoms with Crippen molar-refractivity contribution in [2.45, 2.75) is 51.1 Å². The highest BCUT2D eigenvalue weighted by atomic mass is 15.0. The molecule has 10 heavy (non-hydrogen) atoms. The van der Waals surface area contributed by atoms with Crippen molar-refractivity contribution < 1.29 is 5.32 Å². The summed E-state index contributed by atoms with van der Waals surface area (Å²) in [5.74, 6) is 0. The van der Waals surface area contributed by atoms with Crippen LogP contribution in [-0.4, -0.2) is 11.1 Å². The van der Waals surface area contributed by atoms with Crippen LogP contribution in [0.1, 0.15) is 40.0 Å². The van der Waals surface area contributed by atoms with Crippen molar-refractivity contribution >= 4 is 0 Å². The highest BCUT2D eigenvalue weighted by Crippen LogP contribution is 2.19.